The van der Waals surface area contributed by atoms with Crippen LogP contribution in [0.25, 0.3) is 0 Å². The van der Waals surface area contributed by atoms with E-state index in [1.807, 2.05) is 0 Å². The molecule has 1 aromatic heterocycles. The fourth-order valence-electron chi connectivity index (χ4n) is 3.22. The quantitative estimate of drug-likeness (QED) is 0.461. The minimum atomic E-state index is -3.80. The van der Waals surface area contributed by atoms with Crippen LogP contribution in [-0.4, -0.2) is 33.3 Å². The van der Waals surface area contributed by atoms with Gasteiger partial charge in [-0.25, -0.2) is 13.1 Å². The van der Waals surface area contributed by atoms with E-state index in [4.69, 9.17) is 13.9 Å². The molecular weight excluding hydrogens is 448 g/mol. The maximum Gasteiger partial charge on any atom is 0.241 e. The number of fused-ring (bicyclic) bond motifs is 1. The van der Waals surface area contributed by atoms with E-state index in [1.165, 1.54) is 24.5 Å². The van der Waals surface area contributed by atoms with Gasteiger partial charge in [0.25, 0.3) is 0 Å². The van der Waals surface area contributed by atoms with Crippen LogP contribution in [0.4, 0.5) is 5.69 Å². The molecule has 0 spiro atoms. The number of ether oxygens (including phenoxy) is 2. The van der Waals surface area contributed by atoms with Gasteiger partial charge in [0.05, 0.1) is 17.7 Å². The van der Waals surface area contributed by atoms with E-state index in [0.717, 1.165) is 0 Å². The molecule has 0 fully saturated rings. The van der Waals surface area contributed by atoms with Crippen LogP contribution in [0.5, 0.6) is 11.5 Å². The zero-order valence-electron chi connectivity index (χ0n) is 17.6. The van der Waals surface area contributed by atoms with Crippen molar-refractivity contribution in [1.29, 1.82) is 0 Å². The first-order valence-corrected chi connectivity index (χ1v) is 11.7. The lowest BCUT2D eigenvalue weighted by molar-refractivity contribution is -0.116. The highest BCUT2D eigenvalue weighted by Crippen LogP contribution is 2.31. The summed E-state index contributed by atoms with van der Waals surface area (Å²) in [6.07, 6.45) is 1.40. The third-order valence-corrected chi connectivity index (χ3v) is 6.29. The van der Waals surface area contributed by atoms with E-state index in [0.29, 0.717) is 41.7 Å². The minimum absolute atomic E-state index is 0.000731. The number of ketones is 1. The van der Waals surface area contributed by atoms with Gasteiger partial charge < -0.3 is 19.2 Å². The van der Waals surface area contributed by atoms with Crippen molar-refractivity contribution in [2.45, 2.75) is 24.3 Å². The lowest BCUT2D eigenvalue weighted by Gasteiger charge is -2.18. The maximum absolute atomic E-state index is 12.5. The summed E-state index contributed by atoms with van der Waals surface area (Å²) in [7, 11) is -3.80. The Morgan fingerprint density at radius 2 is 1.73 bits per heavy atom. The highest BCUT2D eigenvalue weighted by molar-refractivity contribution is 7.89. The van der Waals surface area contributed by atoms with Crippen molar-refractivity contribution in [3.63, 3.8) is 0 Å². The number of rotatable bonds is 9. The number of hydrogen-bond donors (Lipinski definition) is 2. The maximum atomic E-state index is 12.5. The van der Waals surface area contributed by atoms with Crippen LogP contribution in [-0.2, 0) is 21.4 Å². The summed E-state index contributed by atoms with van der Waals surface area (Å²) in [6, 6.07) is 14.1. The molecule has 2 heterocycles. The van der Waals surface area contributed by atoms with Gasteiger partial charge in [-0.1, -0.05) is 6.07 Å². The largest absolute Gasteiger partial charge is 0.486 e. The van der Waals surface area contributed by atoms with E-state index < -0.39 is 15.9 Å². The molecule has 0 atom stereocenters. The SMILES string of the molecule is O=C(CCC(=O)c1ccc2c(c1)OCCO2)Nc1cccc(S(=O)(=O)NCc2ccco2)c1. The van der Waals surface area contributed by atoms with Crippen LogP contribution in [0.3, 0.4) is 0 Å². The molecule has 10 heteroatoms. The van der Waals surface area contributed by atoms with Gasteiger partial charge in [0.15, 0.2) is 17.3 Å². The summed E-state index contributed by atoms with van der Waals surface area (Å²) in [4.78, 5) is 24.8. The van der Waals surface area contributed by atoms with Gasteiger partial charge in [0, 0.05) is 24.1 Å². The molecule has 1 amide bonds. The van der Waals surface area contributed by atoms with E-state index in [-0.39, 0.29) is 30.1 Å². The van der Waals surface area contributed by atoms with Crippen LogP contribution in [0.15, 0.2) is 70.2 Å². The number of hydrogen-bond acceptors (Lipinski definition) is 7. The van der Waals surface area contributed by atoms with Crippen molar-refractivity contribution in [3.05, 3.63) is 72.2 Å². The number of furan rings is 1. The second-order valence-corrected chi connectivity index (χ2v) is 9.03. The Kier molecular flexibility index (Phi) is 6.76. The van der Waals surface area contributed by atoms with Crippen molar-refractivity contribution in [1.82, 2.24) is 4.72 Å². The first-order valence-electron chi connectivity index (χ1n) is 10.3. The zero-order chi connectivity index (χ0) is 23.3. The van der Waals surface area contributed by atoms with Crippen LogP contribution in [0, 0.1) is 0 Å². The monoisotopic (exact) mass is 470 g/mol. The fourth-order valence-corrected chi connectivity index (χ4v) is 4.25. The summed E-state index contributed by atoms with van der Waals surface area (Å²) in [5.41, 5.74) is 0.746. The summed E-state index contributed by atoms with van der Waals surface area (Å²) >= 11 is 0. The zero-order valence-corrected chi connectivity index (χ0v) is 18.4. The topological polar surface area (TPSA) is 124 Å². The molecule has 0 aliphatic carbocycles. The van der Waals surface area contributed by atoms with Crippen LogP contribution in [0.1, 0.15) is 29.0 Å². The molecule has 9 nitrogen and oxygen atoms in total. The highest BCUT2D eigenvalue weighted by atomic mass is 32.2. The average molecular weight is 471 g/mol. The van der Waals surface area contributed by atoms with Crippen molar-refractivity contribution in [2.24, 2.45) is 0 Å². The molecule has 3 aromatic rings. The smallest absolute Gasteiger partial charge is 0.241 e. The van der Waals surface area contributed by atoms with E-state index in [2.05, 4.69) is 10.0 Å². The lowest BCUT2D eigenvalue weighted by atomic mass is 10.1. The van der Waals surface area contributed by atoms with Crippen molar-refractivity contribution in [3.8, 4) is 11.5 Å². The first kappa shape index (κ1) is 22.6. The Morgan fingerprint density at radius 1 is 0.909 bits per heavy atom. The number of carbonyl (C=O) groups excluding carboxylic acids is 2. The molecule has 33 heavy (non-hydrogen) atoms. The molecular formula is C23H22N2O7S. The lowest BCUT2D eigenvalue weighted by Crippen LogP contribution is -2.23. The van der Waals surface area contributed by atoms with E-state index in [1.54, 1.807) is 36.4 Å². The predicted octanol–water partition coefficient (Wildman–Crippen LogP) is 3.13. The third-order valence-electron chi connectivity index (χ3n) is 4.89. The number of anilines is 1. The molecule has 2 aromatic carbocycles. The molecule has 0 saturated heterocycles. The number of nitrogens with one attached hydrogen (secondary N) is 2. The Bertz CT molecular complexity index is 1250. The number of amides is 1. The Morgan fingerprint density at radius 3 is 2.52 bits per heavy atom. The first-order chi connectivity index (χ1) is 15.9. The normalized spacial score (nSPS) is 12.8. The van der Waals surface area contributed by atoms with Gasteiger partial charge in [-0.15, -0.1) is 0 Å². The number of sulfonamides is 1. The van der Waals surface area contributed by atoms with Gasteiger partial charge in [0.1, 0.15) is 19.0 Å². The molecule has 4 rings (SSSR count). The molecule has 1 aliphatic rings. The predicted molar refractivity (Wildman–Crippen MR) is 119 cm³/mol. The Labute approximate surface area is 190 Å². The van der Waals surface area contributed by atoms with Gasteiger partial charge in [-0.3, -0.25) is 9.59 Å². The summed E-state index contributed by atoms with van der Waals surface area (Å²) < 4.78 is 43.5. The number of Topliss-reactive ketones (excluding diaryl/α,β-unsaturated/α-hetero) is 1. The van der Waals surface area contributed by atoms with Crippen molar-refractivity contribution >= 4 is 27.4 Å². The molecule has 0 saturated carbocycles. The molecule has 0 radical (unpaired) electrons. The molecule has 0 unspecified atom stereocenters. The summed E-state index contributed by atoms with van der Waals surface area (Å²) in [5.74, 6) is 0.963. The standard InChI is InChI=1S/C23H22N2O7S/c26-20(16-6-8-21-22(13-16)32-12-11-31-21)7-9-23(27)25-17-3-1-5-19(14-17)33(28,29)24-15-18-4-2-10-30-18/h1-6,8,10,13-14,24H,7,9,11-12,15H2,(H,25,27). The van der Waals surface area contributed by atoms with Crippen molar-refractivity contribution < 1.29 is 31.9 Å². The minimum Gasteiger partial charge on any atom is -0.486 e. The Balaban J connectivity index is 1.32. The van der Waals surface area contributed by atoms with Gasteiger partial charge >= 0.3 is 0 Å². The van der Waals surface area contributed by atoms with Crippen LogP contribution >= 0.6 is 0 Å². The van der Waals surface area contributed by atoms with Crippen LogP contribution in [0.2, 0.25) is 0 Å². The van der Waals surface area contributed by atoms with E-state index in [9.17, 15) is 18.0 Å². The molecule has 2 N–H and O–H groups in total. The van der Waals surface area contributed by atoms with Crippen molar-refractivity contribution in [2.75, 3.05) is 18.5 Å². The third kappa shape index (κ3) is 5.79. The molecule has 0 bridgehead atoms. The fraction of sp³-hybridized carbons (Fsp3) is 0.217. The average Bonchev–Trinajstić information content (AvgIpc) is 3.35. The second-order valence-electron chi connectivity index (χ2n) is 7.26. The van der Waals surface area contributed by atoms with Gasteiger partial charge in [-0.05, 0) is 48.5 Å². The Hall–Kier alpha value is -3.63. The number of benzene rings is 2. The molecule has 172 valence electrons. The van der Waals surface area contributed by atoms with E-state index >= 15 is 0 Å². The highest BCUT2D eigenvalue weighted by Gasteiger charge is 2.17. The molecule has 1 aliphatic heterocycles. The van der Waals surface area contributed by atoms with Gasteiger partial charge in [-0.2, -0.15) is 0 Å². The summed E-state index contributed by atoms with van der Waals surface area (Å²) in [6.45, 7) is 0.886. The number of carbonyl (C=O) groups is 2. The van der Waals surface area contributed by atoms with Crippen LogP contribution < -0.4 is 19.5 Å². The second kappa shape index (κ2) is 9.88. The summed E-state index contributed by atoms with van der Waals surface area (Å²) in [5, 5.41) is 2.63. The van der Waals surface area contributed by atoms with Gasteiger partial charge in [0.2, 0.25) is 15.9 Å².